The van der Waals surface area contributed by atoms with Crippen LogP contribution in [0.2, 0.25) is 0 Å². The number of nitrogens with zero attached hydrogens (tertiary/aromatic N) is 1. The fourth-order valence-electron chi connectivity index (χ4n) is 1.89. The molecule has 0 unspecified atom stereocenters. The molecule has 0 fully saturated rings. The molecule has 2 aromatic rings. The van der Waals surface area contributed by atoms with Crippen LogP contribution < -0.4 is 5.43 Å². The van der Waals surface area contributed by atoms with Crippen LogP contribution >= 0.6 is 0 Å². The third kappa shape index (κ3) is 4.05. The van der Waals surface area contributed by atoms with Gasteiger partial charge in [0.25, 0.3) is 0 Å². The van der Waals surface area contributed by atoms with Crippen LogP contribution in [-0.2, 0) is 11.2 Å². The van der Waals surface area contributed by atoms with Crippen LogP contribution in [0.25, 0.3) is 0 Å². The van der Waals surface area contributed by atoms with Crippen molar-refractivity contribution in [3.05, 3.63) is 70.8 Å². The first-order valence-corrected chi connectivity index (χ1v) is 6.58. The van der Waals surface area contributed by atoms with Crippen LogP contribution in [0.5, 0.6) is 0 Å². The molecule has 102 valence electrons. The summed E-state index contributed by atoms with van der Waals surface area (Å²) in [6, 6.07) is 15.8. The van der Waals surface area contributed by atoms with Gasteiger partial charge in [-0.3, -0.25) is 4.79 Å². The molecule has 0 spiro atoms. The summed E-state index contributed by atoms with van der Waals surface area (Å²) in [7, 11) is 0. The highest BCUT2D eigenvalue weighted by molar-refractivity contribution is 5.84. The van der Waals surface area contributed by atoms with Gasteiger partial charge in [0.15, 0.2) is 0 Å². The molecule has 0 bridgehead atoms. The summed E-state index contributed by atoms with van der Waals surface area (Å²) in [5.41, 5.74) is 6.86. The number of nitrogens with one attached hydrogen (secondary N) is 1. The molecular weight excluding hydrogens is 248 g/mol. The van der Waals surface area contributed by atoms with Crippen molar-refractivity contribution in [1.82, 2.24) is 5.43 Å². The predicted octanol–water partition coefficient (Wildman–Crippen LogP) is 3.00. The van der Waals surface area contributed by atoms with E-state index in [1.54, 1.807) is 6.21 Å². The second-order valence-corrected chi connectivity index (χ2v) is 4.82. The number of benzene rings is 2. The third-order valence-electron chi connectivity index (χ3n) is 3.04. The number of hydrogen-bond donors (Lipinski definition) is 1. The quantitative estimate of drug-likeness (QED) is 0.671. The van der Waals surface area contributed by atoms with Crippen LogP contribution in [0.4, 0.5) is 0 Å². The van der Waals surface area contributed by atoms with Gasteiger partial charge in [-0.25, -0.2) is 5.43 Å². The minimum absolute atomic E-state index is 0.113. The molecule has 0 saturated heterocycles. The molecule has 0 aromatic heterocycles. The number of amides is 1. The highest BCUT2D eigenvalue weighted by atomic mass is 16.2. The Kier molecular flexibility index (Phi) is 4.66. The summed E-state index contributed by atoms with van der Waals surface area (Å²) in [6.07, 6.45) is 2.02. The normalized spacial score (nSPS) is 10.7. The van der Waals surface area contributed by atoms with Crippen LogP contribution in [-0.4, -0.2) is 12.1 Å². The van der Waals surface area contributed by atoms with Crippen molar-refractivity contribution in [1.29, 1.82) is 0 Å². The molecule has 0 aliphatic carbocycles. The number of hydrazone groups is 1. The Morgan fingerprint density at radius 3 is 2.65 bits per heavy atom. The van der Waals surface area contributed by atoms with Crippen molar-refractivity contribution in [2.45, 2.75) is 20.3 Å². The summed E-state index contributed by atoms with van der Waals surface area (Å²) in [6.45, 7) is 4.05. The van der Waals surface area contributed by atoms with Crippen molar-refractivity contribution in [3.63, 3.8) is 0 Å². The average molecular weight is 266 g/mol. The van der Waals surface area contributed by atoms with E-state index in [4.69, 9.17) is 0 Å². The Morgan fingerprint density at radius 1 is 1.15 bits per heavy atom. The van der Waals surface area contributed by atoms with Crippen LogP contribution in [0.15, 0.2) is 53.6 Å². The van der Waals surface area contributed by atoms with Gasteiger partial charge in [0, 0.05) is 0 Å². The Morgan fingerprint density at radius 2 is 1.90 bits per heavy atom. The van der Waals surface area contributed by atoms with E-state index in [1.165, 1.54) is 5.56 Å². The molecule has 3 nitrogen and oxygen atoms in total. The van der Waals surface area contributed by atoms with E-state index in [2.05, 4.69) is 16.6 Å². The third-order valence-corrected chi connectivity index (χ3v) is 3.04. The number of hydrogen-bond acceptors (Lipinski definition) is 2. The minimum atomic E-state index is -0.113. The maximum Gasteiger partial charge on any atom is 0.244 e. The monoisotopic (exact) mass is 266 g/mol. The molecule has 1 amide bonds. The molecule has 2 aromatic carbocycles. The van der Waals surface area contributed by atoms with Crippen molar-refractivity contribution >= 4 is 12.1 Å². The Labute approximate surface area is 119 Å². The Hall–Kier alpha value is -2.42. The summed E-state index contributed by atoms with van der Waals surface area (Å²) in [4.78, 5) is 11.7. The number of aryl methyl sites for hydroxylation is 2. The molecule has 20 heavy (non-hydrogen) atoms. The molecule has 0 aliphatic rings. The highest BCUT2D eigenvalue weighted by Crippen LogP contribution is 2.07. The maximum absolute atomic E-state index is 11.7. The first-order chi connectivity index (χ1) is 9.65. The number of rotatable bonds is 4. The second kappa shape index (κ2) is 6.66. The van der Waals surface area contributed by atoms with Crippen LogP contribution in [0.1, 0.15) is 22.3 Å². The van der Waals surface area contributed by atoms with E-state index in [-0.39, 0.29) is 5.91 Å². The van der Waals surface area contributed by atoms with Crippen molar-refractivity contribution in [2.75, 3.05) is 0 Å². The predicted molar refractivity (Wildman–Crippen MR) is 81.8 cm³/mol. The van der Waals surface area contributed by atoms with Gasteiger partial charge in [-0.1, -0.05) is 54.1 Å². The van der Waals surface area contributed by atoms with E-state index in [0.717, 1.165) is 16.7 Å². The molecule has 0 radical (unpaired) electrons. The van der Waals surface area contributed by atoms with E-state index in [1.807, 2.05) is 56.3 Å². The Bertz CT molecular complexity index is 618. The van der Waals surface area contributed by atoms with Crippen molar-refractivity contribution in [2.24, 2.45) is 5.10 Å². The van der Waals surface area contributed by atoms with Gasteiger partial charge in [-0.05, 0) is 30.5 Å². The molecule has 0 heterocycles. The molecule has 0 aliphatic heterocycles. The average Bonchev–Trinajstić information content (AvgIpc) is 2.44. The minimum Gasteiger partial charge on any atom is -0.273 e. The largest absolute Gasteiger partial charge is 0.273 e. The summed E-state index contributed by atoms with van der Waals surface area (Å²) in [5, 5.41) is 4.02. The van der Waals surface area contributed by atoms with Gasteiger partial charge in [0.2, 0.25) is 5.91 Å². The SMILES string of the molecule is Cc1ccc(C)c(/C=N\NC(=O)Cc2ccccc2)c1. The van der Waals surface area contributed by atoms with Crippen LogP contribution in [0, 0.1) is 13.8 Å². The zero-order valence-electron chi connectivity index (χ0n) is 11.8. The number of carbonyl (C=O) groups is 1. The van der Waals surface area contributed by atoms with Gasteiger partial charge in [0.05, 0.1) is 12.6 Å². The van der Waals surface area contributed by atoms with E-state index >= 15 is 0 Å². The van der Waals surface area contributed by atoms with Gasteiger partial charge in [0.1, 0.15) is 0 Å². The van der Waals surface area contributed by atoms with Crippen LogP contribution in [0.3, 0.4) is 0 Å². The first-order valence-electron chi connectivity index (χ1n) is 6.58. The fraction of sp³-hybridized carbons (Fsp3) is 0.176. The van der Waals surface area contributed by atoms with Gasteiger partial charge < -0.3 is 0 Å². The lowest BCUT2D eigenvalue weighted by atomic mass is 10.1. The molecule has 3 heteroatoms. The molecule has 0 saturated carbocycles. The van der Waals surface area contributed by atoms with E-state index in [0.29, 0.717) is 6.42 Å². The fourth-order valence-corrected chi connectivity index (χ4v) is 1.89. The number of carbonyl (C=O) groups excluding carboxylic acids is 1. The van der Waals surface area contributed by atoms with Gasteiger partial charge in [-0.15, -0.1) is 0 Å². The summed E-state index contributed by atoms with van der Waals surface area (Å²) in [5.74, 6) is -0.113. The van der Waals surface area contributed by atoms with E-state index < -0.39 is 0 Å². The topological polar surface area (TPSA) is 41.5 Å². The summed E-state index contributed by atoms with van der Waals surface area (Å²) >= 11 is 0. The zero-order valence-corrected chi connectivity index (χ0v) is 11.8. The van der Waals surface area contributed by atoms with Crippen molar-refractivity contribution in [3.8, 4) is 0 Å². The smallest absolute Gasteiger partial charge is 0.244 e. The molecule has 2 rings (SSSR count). The first kappa shape index (κ1) is 14.0. The molecular formula is C17H18N2O. The molecule has 0 atom stereocenters. The summed E-state index contributed by atoms with van der Waals surface area (Å²) < 4.78 is 0. The zero-order chi connectivity index (χ0) is 14.4. The van der Waals surface area contributed by atoms with E-state index in [9.17, 15) is 4.79 Å². The maximum atomic E-state index is 11.7. The Balaban J connectivity index is 1.93. The lowest BCUT2D eigenvalue weighted by molar-refractivity contribution is -0.120. The molecule has 1 N–H and O–H groups in total. The lowest BCUT2D eigenvalue weighted by Crippen LogP contribution is -2.19. The second-order valence-electron chi connectivity index (χ2n) is 4.82. The van der Waals surface area contributed by atoms with Gasteiger partial charge in [-0.2, -0.15) is 5.10 Å². The van der Waals surface area contributed by atoms with Gasteiger partial charge >= 0.3 is 0 Å². The van der Waals surface area contributed by atoms with Crippen molar-refractivity contribution < 1.29 is 4.79 Å². The highest BCUT2D eigenvalue weighted by Gasteiger charge is 2.01. The standard InChI is InChI=1S/C17H18N2O/c1-13-8-9-14(2)16(10-13)12-18-19-17(20)11-15-6-4-3-5-7-15/h3-10,12H,11H2,1-2H3,(H,19,20)/b18-12-. The lowest BCUT2D eigenvalue weighted by Gasteiger charge is -2.02.